The van der Waals surface area contributed by atoms with Crippen LogP contribution in [0.15, 0.2) is 39.6 Å². The third kappa shape index (κ3) is 4.79. The van der Waals surface area contributed by atoms with Gasteiger partial charge in [0.2, 0.25) is 10.0 Å². The Kier molecular flexibility index (Phi) is 7.57. The molecular weight excluding hydrogens is 412 g/mol. The van der Waals surface area contributed by atoms with Crippen molar-refractivity contribution in [1.29, 1.82) is 0 Å². The number of hydrogen-bond donors (Lipinski definition) is 1. The topological polar surface area (TPSA) is 126 Å². The van der Waals surface area contributed by atoms with Gasteiger partial charge < -0.3 is 14.6 Å². The van der Waals surface area contributed by atoms with Crippen LogP contribution in [0.1, 0.15) is 38.2 Å². The molecule has 0 fully saturated rings. The summed E-state index contributed by atoms with van der Waals surface area (Å²) in [7, 11) is -3.74. The van der Waals surface area contributed by atoms with Crippen LogP contribution in [0.5, 0.6) is 0 Å². The van der Waals surface area contributed by atoms with Crippen LogP contribution in [0.2, 0.25) is 0 Å². The molecule has 30 heavy (non-hydrogen) atoms. The Bertz CT molecular complexity index is 1010. The van der Waals surface area contributed by atoms with Gasteiger partial charge in [0.05, 0.1) is 22.3 Å². The Labute approximate surface area is 175 Å². The molecule has 1 aromatic heterocycles. The first kappa shape index (κ1) is 23.4. The number of nitrogens with zero attached hydrogens (tertiary/aromatic N) is 3. The van der Waals surface area contributed by atoms with Crippen molar-refractivity contribution in [3.8, 4) is 0 Å². The minimum absolute atomic E-state index is 0.0443. The van der Waals surface area contributed by atoms with E-state index in [0.717, 1.165) is 6.07 Å². The SMILES string of the molecule is CCN(CC)c1ccc(S(=O)(=O)N(CC)CC)cc1NC(=O)c1ccc([N+](=O)[O-])o1. The summed E-state index contributed by atoms with van der Waals surface area (Å²) in [6.07, 6.45) is 0. The molecule has 0 aliphatic heterocycles. The molecule has 0 atom stereocenters. The third-order valence-electron chi connectivity index (χ3n) is 4.66. The maximum Gasteiger partial charge on any atom is 0.433 e. The number of nitro groups is 1. The summed E-state index contributed by atoms with van der Waals surface area (Å²) < 4.78 is 32.1. The number of furan rings is 1. The number of hydrogen-bond acceptors (Lipinski definition) is 7. The largest absolute Gasteiger partial charge is 0.433 e. The number of anilines is 2. The highest BCUT2D eigenvalue weighted by molar-refractivity contribution is 7.89. The van der Waals surface area contributed by atoms with Crippen LogP contribution >= 0.6 is 0 Å². The van der Waals surface area contributed by atoms with Crippen molar-refractivity contribution in [2.75, 3.05) is 36.4 Å². The molecule has 11 heteroatoms. The second-order valence-corrected chi connectivity index (χ2v) is 8.23. The second-order valence-electron chi connectivity index (χ2n) is 6.29. The summed E-state index contributed by atoms with van der Waals surface area (Å²) in [4.78, 5) is 24.7. The Morgan fingerprint density at radius 1 is 1.07 bits per heavy atom. The van der Waals surface area contributed by atoms with E-state index in [1.54, 1.807) is 19.9 Å². The van der Waals surface area contributed by atoms with Crippen molar-refractivity contribution >= 4 is 33.2 Å². The van der Waals surface area contributed by atoms with E-state index in [-0.39, 0.29) is 16.3 Å². The molecule has 1 amide bonds. The summed E-state index contributed by atoms with van der Waals surface area (Å²) in [6.45, 7) is 9.26. The summed E-state index contributed by atoms with van der Waals surface area (Å²) in [5.41, 5.74) is 0.906. The van der Waals surface area contributed by atoms with Crippen LogP contribution in [0.25, 0.3) is 0 Å². The van der Waals surface area contributed by atoms with Gasteiger partial charge in [0.25, 0.3) is 5.91 Å². The maximum atomic E-state index is 12.9. The lowest BCUT2D eigenvalue weighted by Gasteiger charge is -2.25. The zero-order valence-corrected chi connectivity index (χ0v) is 18.2. The number of amides is 1. The monoisotopic (exact) mass is 438 g/mol. The fourth-order valence-electron chi connectivity index (χ4n) is 3.06. The summed E-state index contributed by atoms with van der Waals surface area (Å²) in [5.74, 6) is -1.51. The fourth-order valence-corrected chi connectivity index (χ4v) is 4.54. The molecule has 1 N–H and O–H groups in total. The number of benzene rings is 1. The summed E-state index contributed by atoms with van der Waals surface area (Å²) in [6, 6.07) is 6.83. The molecule has 1 aromatic carbocycles. The van der Waals surface area contributed by atoms with E-state index in [4.69, 9.17) is 4.42 Å². The zero-order chi connectivity index (χ0) is 22.5. The highest BCUT2D eigenvalue weighted by Gasteiger charge is 2.25. The molecule has 164 valence electrons. The van der Waals surface area contributed by atoms with Crippen molar-refractivity contribution < 1.29 is 22.6 Å². The first-order valence-corrected chi connectivity index (χ1v) is 11.1. The van der Waals surface area contributed by atoms with Gasteiger partial charge in [-0.2, -0.15) is 4.31 Å². The van der Waals surface area contributed by atoms with E-state index in [1.165, 1.54) is 22.5 Å². The Balaban J connectivity index is 2.50. The zero-order valence-electron chi connectivity index (χ0n) is 17.4. The van der Waals surface area contributed by atoms with E-state index in [0.29, 0.717) is 31.9 Å². The van der Waals surface area contributed by atoms with E-state index < -0.39 is 26.7 Å². The summed E-state index contributed by atoms with van der Waals surface area (Å²) in [5, 5.41) is 13.4. The van der Waals surface area contributed by atoms with Gasteiger partial charge in [-0.1, -0.05) is 13.8 Å². The molecule has 0 aliphatic carbocycles. The number of rotatable bonds is 10. The van der Waals surface area contributed by atoms with Crippen molar-refractivity contribution in [2.24, 2.45) is 0 Å². The lowest BCUT2D eigenvalue weighted by atomic mass is 10.2. The smallest absolute Gasteiger partial charge is 0.395 e. The molecule has 0 saturated heterocycles. The van der Waals surface area contributed by atoms with E-state index in [9.17, 15) is 23.3 Å². The Morgan fingerprint density at radius 2 is 1.70 bits per heavy atom. The predicted octanol–water partition coefficient (Wildman–Crippen LogP) is 3.32. The van der Waals surface area contributed by atoms with Crippen LogP contribution in [-0.4, -0.2) is 49.7 Å². The minimum atomic E-state index is -3.74. The van der Waals surface area contributed by atoms with Crippen LogP contribution < -0.4 is 10.2 Å². The van der Waals surface area contributed by atoms with Gasteiger partial charge in [-0.05, 0) is 38.1 Å². The van der Waals surface area contributed by atoms with Crippen molar-refractivity contribution in [2.45, 2.75) is 32.6 Å². The average molecular weight is 439 g/mol. The van der Waals surface area contributed by atoms with E-state index in [1.807, 2.05) is 18.7 Å². The van der Waals surface area contributed by atoms with Gasteiger partial charge in [0.15, 0.2) is 5.76 Å². The van der Waals surface area contributed by atoms with Crippen molar-refractivity contribution in [3.63, 3.8) is 0 Å². The second kappa shape index (κ2) is 9.72. The molecule has 2 aromatic rings. The molecule has 0 unspecified atom stereocenters. The van der Waals surface area contributed by atoms with Gasteiger partial charge in [0, 0.05) is 26.2 Å². The fraction of sp³-hybridized carbons (Fsp3) is 0.421. The van der Waals surface area contributed by atoms with E-state index >= 15 is 0 Å². The van der Waals surface area contributed by atoms with Crippen LogP contribution in [-0.2, 0) is 10.0 Å². The Hall–Kier alpha value is -2.92. The molecule has 0 spiro atoms. The van der Waals surface area contributed by atoms with E-state index in [2.05, 4.69) is 5.32 Å². The normalized spacial score (nSPS) is 11.5. The van der Waals surface area contributed by atoms with Crippen LogP contribution in [0, 0.1) is 10.1 Å². The first-order chi connectivity index (χ1) is 14.2. The highest BCUT2D eigenvalue weighted by Crippen LogP contribution is 2.31. The van der Waals surface area contributed by atoms with Crippen LogP contribution in [0.4, 0.5) is 17.3 Å². The lowest BCUT2D eigenvalue weighted by molar-refractivity contribution is -0.402. The standard InChI is InChI=1S/C19H26N4O6S/c1-5-21(6-2)16-10-9-14(30(27,28)22(7-3)8-4)13-15(16)20-19(24)17-11-12-18(29-17)23(25)26/h9-13H,5-8H2,1-4H3,(H,20,24). The van der Waals surface area contributed by atoms with Gasteiger partial charge >= 0.3 is 5.88 Å². The molecule has 10 nitrogen and oxygen atoms in total. The van der Waals surface area contributed by atoms with Gasteiger partial charge in [0.1, 0.15) is 4.92 Å². The number of sulfonamides is 1. The maximum absolute atomic E-state index is 12.9. The van der Waals surface area contributed by atoms with Crippen molar-refractivity contribution in [3.05, 3.63) is 46.2 Å². The predicted molar refractivity (Wildman–Crippen MR) is 113 cm³/mol. The molecular formula is C19H26N4O6S. The summed E-state index contributed by atoms with van der Waals surface area (Å²) >= 11 is 0. The van der Waals surface area contributed by atoms with Gasteiger partial charge in [-0.25, -0.2) is 8.42 Å². The first-order valence-electron chi connectivity index (χ1n) is 9.64. The Morgan fingerprint density at radius 3 is 2.20 bits per heavy atom. The molecule has 0 saturated carbocycles. The molecule has 1 heterocycles. The van der Waals surface area contributed by atoms with Gasteiger partial charge in [-0.3, -0.25) is 14.9 Å². The third-order valence-corrected chi connectivity index (χ3v) is 6.70. The minimum Gasteiger partial charge on any atom is -0.395 e. The number of carbonyl (C=O) groups is 1. The lowest BCUT2D eigenvalue weighted by Crippen LogP contribution is -2.31. The molecule has 0 radical (unpaired) electrons. The highest BCUT2D eigenvalue weighted by atomic mass is 32.2. The van der Waals surface area contributed by atoms with Crippen LogP contribution in [0.3, 0.4) is 0 Å². The molecule has 2 rings (SSSR count). The average Bonchev–Trinajstić information content (AvgIpc) is 3.21. The quantitative estimate of drug-likeness (QED) is 0.445. The van der Waals surface area contributed by atoms with Crippen molar-refractivity contribution in [1.82, 2.24) is 4.31 Å². The van der Waals surface area contributed by atoms with Gasteiger partial charge in [-0.15, -0.1) is 0 Å². The molecule has 0 aliphatic rings. The number of carbonyl (C=O) groups excluding carboxylic acids is 1. The molecule has 0 bridgehead atoms. The number of nitrogens with one attached hydrogen (secondary N) is 1.